The molecule has 0 aliphatic rings. The first kappa shape index (κ1) is 13.8. The molecule has 100 valence electrons. The van der Waals surface area contributed by atoms with Crippen molar-refractivity contribution < 1.29 is 4.79 Å². The van der Waals surface area contributed by atoms with Crippen LogP contribution in [-0.4, -0.2) is 10.9 Å². The first-order valence-electron chi connectivity index (χ1n) is 6.41. The molecule has 0 aliphatic heterocycles. The zero-order valence-corrected chi connectivity index (χ0v) is 11.0. The average molecular weight is 265 g/mol. The van der Waals surface area contributed by atoms with Gasteiger partial charge < -0.3 is 5.32 Å². The van der Waals surface area contributed by atoms with Gasteiger partial charge >= 0.3 is 0 Å². The molecule has 1 heterocycles. The molecule has 1 unspecified atom stereocenters. The Morgan fingerprint density at radius 1 is 1.20 bits per heavy atom. The van der Waals surface area contributed by atoms with Crippen molar-refractivity contribution in [3.8, 4) is 6.07 Å². The minimum Gasteiger partial charge on any atom is -0.349 e. The second-order valence-electron chi connectivity index (χ2n) is 4.41. The molecular weight excluding hydrogens is 250 g/mol. The molecule has 1 N–H and O–H groups in total. The van der Waals surface area contributed by atoms with Gasteiger partial charge in [-0.05, 0) is 24.1 Å². The van der Waals surface area contributed by atoms with Crippen molar-refractivity contribution in [2.45, 2.75) is 13.0 Å². The summed E-state index contributed by atoms with van der Waals surface area (Å²) in [6.45, 7) is 0.340. The van der Waals surface area contributed by atoms with Crippen LogP contribution in [0.3, 0.4) is 0 Å². The molecule has 0 spiro atoms. The van der Waals surface area contributed by atoms with Crippen LogP contribution in [-0.2, 0) is 17.8 Å². The van der Waals surface area contributed by atoms with E-state index < -0.39 is 5.92 Å². The molecule has 1 atom stereocenters. The number of rotatable bonds is 5. The van der Waals surface area contributed by atoms with Gasteiger partial charge in [-0.3, -0.25) is 9.78 Å². The number of nitrogens with zero attached hydrogens (tertiary/aromatic N) is 2. The number of nitriles is 1. The van der Waals surface area contributed by atoms with E-state index in [1.165, 1.54) is 0 Å². The second kappa shape index (κ2) is 7.05. The van der Waals surface area contributed by atoms with Gasteiger partial charge in [0.05, 0.1) is 18.3 Å². The Morgan fingerprint density at radius 3 is 2.60 bits per heavy atom. The molecule has 2 rings (SSSR count). The molecule has 4 heteroatoms. The zero-order valence-electron chi connectivity index (χ0n) is 11.0. The maximum absolute atomic E-state index is 12.0. The number of aromatic nitrogens is 1. The Labute approximate surface area is 118 Å². The molecule has 4 nitrogen and oxygen atoms in total. The summed E-state index contributed by atoms with van der Waals surface area (Å²) in [5, 5.41) is 11.9. The standard InChI is InChI=1S/C16H15N3O/c17-11-14(10-13-6-2-1-3-7-13)16(20)19-12-15-8-4-5-9-18-15/h1-9,14H,10,12H2,(H,19,20). The van der Waals surface area contributed by atoms with Crippen LogP contribution in [0.25, 0.3) is 0 Å². The Morgan fingerprint density at radius 2 is 1.95 bits per heavy atom. The third-order valence-corrected chi connectivity index (χ3v) is 2.92. The van der Waals surface area contributed by atoms with Gasteiger partial charge in [-0.1, -0.05) is 36.4 Å². The first-order valence-corrected chi connectivity index (χ1v) is 6.41. The van der Waals surface area contributed by atoms with Crippen LogP contribution in [0.1, 0.15) is 11.3 Å². The van der Waals surface area contributed by atoms with Crippen molar-refractivity contribution in [3.05, 3.63) is 66.0 Å². The topological polar surface area (TPSA) is 65.8 Å². The number of carbonyl (C=O) groups excluding carboxylic acids is 1. The molecule has 0 aliphatic carbocycles. The van der Waals surface area contributed by atoms with Crippen molar-refractivity contribution in [1.82, 2.24) is 10.3 Å². The van der Waals surface area contributed by atoms with E-state index in [9.17, 15) is 4.79 Å². The molecule has 1 aromatic carbocycles. The van der Waals surface area contributed by atoms with E-state index >= 15 is 0 Å². The lowest BCUT2D eigenvalue weighted by Crippen LogP contribution is -2.31. The molecule has 0 saturated carbocycles. The van der Waals surface area contributed by atoms with Crippen LogP contribution >= 0.6 is 0 Å². The van der Waals surface area contributed by atoms with Crippen LogP contribution in [0.5, 0.6) is 0 Å². The maximum Gasteiger partial charge on any atom is 0.238 e. The van der Waals surface area contributed by atoms with Crippen molar-refractivity contribution in [2.24, 2.45) is 5.92 Å². The van der Waals surface area contributed by atoms with Crippen molar-refractivity contribution in [3.63, 3.8) is 0 Å². The summed E-state index contributed by atoms with van der Waals surface area (Å²) in [5.74, 6) is -0.942. The lowest BCUT2D eigenvalue weighted by atomic mass is 10.00. The van der Waals surface area contributed by atoms with E-state index in [1.54, 1.807) is 6.20 Å². The van der Waals surface area contributed by atoms with Gasteiger partial charge in [0.1, 0.15) is 5.92 Å². The summed E-state index contributed by atoms with van der Waals surface area (Å²) in [5.41, 5.74) is 1.75. The van der Waals surface area contributed by atoms with E-state index in [4.69, 9.17) is 5.26 Å². The molecule has 20 heavy (non-hydrogen) atoms. The van der Waals surface area contributed by atoms with Crippen LogP contribution in [0.2, 0.25) is 0 Å². The van der Waals surface area contributed by atoms with E-state index in [-0.39, 0.29) is 5.91 Å². The molecule has 0 saturated heterocycles. The van der Waals surface area contributed by atoms with Crippen LogP contribution in [0.4, 0.5) is 0 Å². The first-order chi connectivity index (χ1) is 9.79. The van der Waals surface area contributed by atoms with Gasteiger partial charge in [0.25, 0.3) is 0 Å². The largest absolute Gasteiger partial charge is 0.349 e. The highest BCUT2D eigenvalue weighted by atomic mass is 16.1. The minimum absolute atomic E-state index is 0.262. The maximum atomic E-state index is 12.0. The van der Waals surface area contributed by atoms with Gasteiger partial charge in [-0.15, -0.1) is 0 Å². The van der Waals surface area contributed by atoms with Crippen LogP contribution in [0, 0.1) is 17.2 Å². The van der Waals surface area contributed by atoms with E-state index in [0.717, 1.165) is 11.3 Å². The molecular formula is C16H15N3O. The number of pyridine rings is 1. The Kier molecular flexibility index (Phi) is 4.85. The van der Waals surface area contributed by atoms with Gasteiger partial charge in [-0.25, -0.2) is 0 Å². The van der Waals surface area contributed by atoms with Gasteiger partial charge in [0.2, 0.25) is 5.91 Å². The number of hydrogen-bond acceptors (Lipinski definition) is 3. The number of amides is 1. The minimum atomic E-state index is -0.680. The fourth-order valence-corrected chi connectivity index (χ4v) is 1.85. The SMILES string of the molecule is N#CC(Cc1ccccc1)C(=O)NCc1ccccn1. The third-order valence-electron chi connectivity index (χ3n) is 2.92. The average Bonchev–Trinajstić information content (AvgIpc) is 2.52. The molecule has 1 aromatic heterocycles. The number of nitrogens with one attached hydrogen (secondary N) is 1. The summed E-state index contributed by atoms with van der Waals surface area (Å²) in [6.07, 6.45) is 2.10. The number of hydrogen-bond donors (Lipinski definition) is 1. The molecule has 2 aromatic rings. The summed E-state index contributed by atoms with van der Waals surface area (Å²) in [6, 6.07) is 17.1. The fraction of sp³-hybridized carbons (Fsp3) is 0.188. The van der Waals surface area contributed by atoms with Crippen molar-refractivity contribution >= 4 is 5.91 Å². The lowest BCUT2D eigenvalue weighted by Gasteiger charge is -2.10. The van der Waals surface area contributed by atoms with Gasteiger partial charge in [-0.2, -0.15) is 5.26 Å². The third kappa shape index (κ3) is 3.92. The molecule has 0 fully saturated rings. The Hall–Kier alpha value is -2.67. The number of benzene rings is 1. The smallest absolute Gasteiger partial charge is 0.238 e. The Bertz CT molecular complexity index is 590. The summed E-state index contributed by atoms with van der Waals surface area (Å²) in [4.78, 5) is 16.1. The molecule has 1 amide bonds. The highest BCUT2D eigenvalue weighted by Gasteiger charge is 2.17. The normalized spacial score (nSPS) is 11.3. The van der Waals surface area contributed by atoms with E-state index in [2.05, 4.69) is 16.4 Å². The zero-order chi connectivity index (χ0) is 14.2. The van der Waals surface area contributed by atoms with Gasteiger partial charge in [0, 0.05) is 6.20 Å². The number of carbonyl (C=O) groups is 1. The van der Waals surface area contributed by atoms with E-state index in [0.29, 0.717) is 13.0 Å². The summed E-state index contributed by atoms with van der Waals surface area (Å²) < 4.78 is 0. The Balaban J connectivity index is 1.91. The van der Waals surface area contributed by atoms with Crippen molar-refractivity contribution in [2.75, 3.05) is 0 Å². The van der Waals surface area contributed by atoms with Crippen molar-refractivity contribution in [1.29, 1.82) is 5.26 Å². The summed E-state index contributed by atoms with van der Waals surface area (Å²) >= 11 is 0. The quantitative estimate of drug-likeness (QED) is 0.900. The monoisotopic (exact) mass is 265 g/mol. The lowest BCUT2D eigenvalue weighted by molar-refractivity contribution is -0.123. The molecule has 0 bridgehead atoms. The summed E-state index contributed by atoms with van der Waals surface area (Å²) in [7, 11) is 0. The predicted octanol–water partition coefficient (Wildman–Crippen LogP) is 2.08. The predicted molar refractivity (Wildman–Crippen MR) is 75.3 cm³/mol. The fourth-order valence-electron chi connectivity index (χ4n) is 1.85. The van der Waals surface area contributed by atoms with Crippen LogP contribution < -0.4 is 5.32 Å². The second-order valence-corrected chi connectivity index (χ2v) is 4.41. The highest BCUT2D eigenvalue weighted by molar-refractivity contribution is 5.81. The van der Waals surface area contributed by atoms with E-state index in [1.807, 2.05) is 48.5 Å². The van der Waals surface area contributed by atoms with Gasteiger partial charge in [0.15, 0.2) is 0 Å². The van der Waals surface area contributed by atoms with Crippen LogP contribution in [0.15, 0.2) is 54.7 Å². The highest BCUT2D eigenvalue weighted by Crippen LogP contribution is 2.08. The molecule has 0 radical (unpaired) electrons.